The Balaban J connectivity index is 1.41. The highest BCUT2D eigenvalue weighted by Gasteiger charge is 2.42. The highest BCUT2D eigenvalue weighted by molar-refractivity contribution is 7.80. The smallest absolute Gasteiger partial charge is 0.174 e. The molecule has 2 fully saturated rings. The van der Waals surface area contributed by atoms with Gasteiger partial charge >= 0.3 is 0 Å². The fourth-order valence-electron chi connectivity index (χ4n) is 5.96. The third-order valence-corrected chi connectivity index (χ3v) is 8.31. The standard InChI is InChI=1S/C32H35N5OS/c1-4-24-8-10-27(11-9-24)37-31(30(34-32(37)39)29-7-5-6-16-33-29)28-21-22(2)36(23(28)3)26-14-12-25(13-15-26)35-17-19-38-20-18-35/h5-16,21,30-31H,4,17-20H2,1-3H3,(H,34,39)/t30-,31-/m1/s1. The van der Waals surface area contributed by atoms with Crippen LogP contribution in [-0.4, -0.2) is 41.0 Å². The first-order chi connectivity index (χ1) is 19.0. The third-order valence-electron chi connectivity index (χ3n) is 7.99. The molecule has 2 aliphatic rings. The second kappa shape index (κ2) is 10.8. The van der Waals surface area contributed by atoms with Crippen molar-refractivity contribution in [1.29, 1.82) is 0 Å². The summed E-state index contributed by atoms with van der Waals surface area (Å²) >= 11 is 5.96. The van der Waals surface area contributed by atoms with E-state index in [1.165, 1.54) is 28.2 Å². The van der Waals surface area contributed by atoms with E-state index < -0.39 is 0 Å². The molecule has 2 saturated heterocycles. The van der Waals surface area contributed by atoms with Crippen LogP contribution in [0.2, 0.25) is 0 Å². The van der Waals surface area contributed by atoms with Crippen LogP contribution in [0.1, 0.15) is 47.2 Å². The summed E-state index contributed by atoms with van der Waals surface area (Å²) in [5.74, 6) is 0. The molecule has 4 heterocycles. The van der Waals surface area contributed by atoms with Crippen molar-refractivity contribution in [2.24, 2.45) is 0 Å². The highest BCUT2D eigenvalue weighted by atomic mass is 32.1. The van der Waals surface area contributed by atoms with Crippen LogP contribution >= 0.6 is 12.2 Å². The lowest BCUT2D eigenvalue weighted by Gasteiger charge is -2.29. The number of nitrogens with zero attached hydrogens (tertiary/aromatic N) is 4. The van der Waals surface area contributed by atoms with Crippen molar-refractivity contribution in [3.8, 4) is 5.69 Å². The largest absolute Gasteiger partial charge is 0.378 e. The fourth-order valence-corrected chi connectivity index (χ4v) is 6.31. The monoisotopic (exact) mass is 537 g/mol. The number of pyridine rings is 1. The lowest BCUT2D eigenvalue weighted by atomic mass is 9.96. The molecule has 2 aromatic carbocycles. The van der Waals surface area contributed by atoms with E-state index in [1.54, 1.807) is 0 Å². The van der Waals surface area contributed by atoms with Crippen LogP contribution in [0, 0.1) is 13.8 Å². The van der Waals surface area contributed by atoms with E-state index >= 15 is 0 Å². The molecule has 0 aliphatic carbocycles. The molecule has 0 unspecified atom stereocenters. The number of hydrogen-bond donors (Lipinski definition) is 1. The third kappa shape index (κ3) is 4.81. The van der Waals surface area contributed by atoms with Crippen molar-refractivity contribution in [2.45, 2.75) is 39.3 Å². The van der Waals surface area contributed by atoms with Gasteiger partial charge in [0, 0.05) is 47.7 Å². The van der Waals surface area contributed by atoms with E-state index in [1.807, 2.05) is 18.3 Å². The Morgan fingerprint density at radius 2 is 1.62 bits per heavy atom. The Labute approximate surface area is 236 Å². The number of thiocarbonyl (C=S) groups is 1. The zero-order valence-electron chi connectivity index (χ0n) is 22.8. The van der Waals surface area contributed by atoms with E-state index in [2.05, 4.69) is 101 Å². The lowest BCUT2D eigenvalue weighted by molar-refractivity contribution is 0.122. The summed E-state index contributed by atoms with van der Waals surface area (Å²) in [4.78, 5) is 9.38. The van der Waals surface area contributed by atoms with Crippen LogP contribution in [0.15, 0.2) is 79.0 Å². The number of morpholine rings is 1. The van der Waals surface area contributed by atoms with E-state index in [-0.39, 0.29) is 12.1 Å². The van der Waals surface area contributed by atoms with Crippen molar-refractivity contribution in [3.05, 3.63) is 107 Å². The van der Waals surface area contributed by atoms with Crippen LogP contribution in [0.4, 0.5) is 11.4 Å². The molecule has 39 heavy (non-hydrogen) atoms. The van der Waals surface area contributed by atoms with Crippen molar-refractivity contribution in [1.82, 2.24) is 14.9 Å². The summed E-state index contributed by atoms with van der Waals surface area (Å²) in [5.41, 5.74) is 9.44. The maximum atomic E-state index is 5.96. The van der Waals surface area contributed by atoms with E-state index in [4.69, 9.17) is 21.9 Å². The maximum Gasteiger partial charge on any atom is 0.174 e. The molecule has 1 N–H and O–H groups in total. The van der Waals surface area contributed by atoms with Gasteiger partial charge in [-0.05, 0) is 98.2 Å². The van der Waals surface area contributed by atoms with Gasteiger partial charge in [-0.25, -0.2) is 0 Å². The first-order valence-corrected chi connectivity index (χ1v) is 14.2. The van der Waals surface area contributed by atoms with E-state index in [0.29, 0.717) is 0 Å². The van der Waals surface area contributed by atoms with Gasteiger partial charge < -0.3 is 24.4 Å². The number of hydrogen-bond acceptors (Lipinski definition) is 4. The first kappa shape index (κ1) is 25.6. The average Bonchev–Trinajstić information content (AvgIpc) is 3.48. The van der Waals surface area contributed by atoms with Gasteiger partial charge in [0.25, 0.3) is 0 Å². The number of aromatic nitrogens is 2. The van der Waals surface area contributed by atoms with Crippen molar-refractivity contribution in [2.75, 3.05) is 36.1 Å². The number of rotatable bonds is 6. The summed E-state index contributed by atoms with van der Waals surface area (Å²) in [5, 5.41) is 4.33. The summed E-state index contributed by atoms with van der Waals surface area (Å²) in [7, 11) is 0. The number of nitrogens with one attached hydrogen (secondary N) is 1. The minimum Gasteiger partial charge on any atom is -0.378 e. The minimum atomic E-state index is -0.0674. The normalized spacial score (nSPS) is 19.4. The zero-order valence-corrected chi connectivity index (χ0v) is 23.6. The van der Waals surface area contributed by atoms with Gasteiger partial charge in [-0.15, -0.1) is 0 Å². The summed E-state index contributed by atoms with van der Waals surface area (Å²) in [6, 6.07) is 26.0. The Morgan fingerprint density at radius 1 is 0.923 bits per heavy atom. The van der Waals surface area contributed by atoms with Crippen molar-refractivity contribution >= 4 is 28.7 Å². The van der Waals surface area contributed by atoms with Gasteiger partial charge in [0.05, 0.1) is 31.0 Å². The topological polar surface area (TPSA) is 45.6 Å². The molecule has 0 spiro atoms. The zero-order chi connectivity index (χ0) is 26.9. The molecule has 200 valence electrons. The molecule has 6 rings (SSSR count). The predicted molar refractivity (Wildman–Crippen MR) is 162 cm³/mol. The molecule has 0 bridgehead atoms. The molecular formula is C32H35N5OS. The molecule has 7 heteroatoms. The maximum absolute atomic E-state index is 5.96. The quantitative estimate of drug-likeness (QED) is 0.302. The SMILES string of the molecule is CCc1ccc(N2C(=S)N[C@H](c3ccccn3)[C@H]2c2cc(C)n(-c3ccc(N4CCOCC4)cc3)c2C)cc1. The van der Waals surface area contributed by atoms with Crippen LogP contribution in [-0.2, 0) is 11.2 Å². The van der Waals surface area contributed by atoms with E-state index in [0.717, 1.165) is 54.9 Å². The number of anilines is 2. The molecule has 0 amide bonds. The molecule has 4 aromatic rings. The fraction of sp³-hybridized carbons (Fsp3) is 0.312. The summed E-state index contributed by atoms with van der Waals surface area (Å²) in [6.45, 7) is 10.0. The summed E-state index contributed by atoms with van der Waals surface area (Å²) < 4.78 is 7.88. The minimum absolute atomic E-state index is 0.0348. The van der Waals surface area contributed by atoms with Gasteiger partial charge in [-0.3, -0.25) is 4.98 Å². The van der Waals surface area contributed by atoms with Crippen molar-refractivity contribution < 1.29 is 4.74 Å². The lowest BCUT2D eigenvalue weighted by Crippen LogP contribution is -2.36. The van der Waals surface area contributed by atoms with Crippen LogP contribution in [0.25, 0.3) is 5.69 Å². The van der Waals surface area contributed by atoms with Crippen molar-refractivity contribution in [3.63, 3.8) is 0 Å². The molecule has 2 aliphatic heterocycles. The Kier molecular flexibility index (Phi) is 7.11. The van der Waals surface area contributed by atoms with Crippen LogP contribution in [0.3, 0.4) is 0 Å². The predicted octanol–water partition coefficient (Wildman–Crippen LogP) is 6.07. The van der Waals surface area contributed by atoms with E-state index in [9.17, 15) is 0 Å². The Hall–Kier alpha value is -3.68. The number of aryl methyl sites for hydroxylation is 2. The second-order valence-corrected chi connectivity index (χ2v) is 10.7. The van der Waals surface area contributed by atoms with Crippen LogP contribution < -0.4 is 15.1 Å². The number of ether oxygens (including phenoxy) is 1. The van der Waals surface area contributed by atoms with Gasteiger partial charge in [0.2, 0.25) is 0 Å². The van der Waals surface area contributed by atoms with Gasteiger partial charge in [-0.1, -0.05) is 25.1 Å². The van der Waals surface area contributed by atoms with Gasteiger partial charge in [0.1, 0.15) is 0 Å². The Morgan fingerprint density at radius 3 is 2.28 bits per heavy atom. The second-order valence-electron chi connectivity index (χ2n) is 10.3. The number of benzene rings is 2. The van der Waals surface area contributed by atoms with Gasteiger partial charge in [0.15, 0.2) is 5.11 Å². The molecular weight excluding hydrogens is 502 g/mol. The molecule has 2 aromatic heterocycles. The first-order valence-electron chi connectivity index (χ1n) is 13.8. The molecule has 6 nitrogen and oxygen atoms in total. The highest BCUT2D eigenvalue weighted by Crippen LogP contribution is 2.43. The average molecular weight is 538 g/mol. The summed E-state index contributed by atoms with van der Waals surface area (Å²) in [6.07, 6.45) is 2.86. The molecule has 0 saturated carbocycles. The molecule has 0 radical (unpaired) electrons. The van der Waals surface area contributed by atoms with Gasteiger partial charge in [-0.2, -0.15) is 0 Å². The van der Waals surface area contributed by atoms with Crippen LogP contribution in [0.5, 0.6) is 0 Å². The Bertz CT molecular complexity index is 1440. The molecule has 2 atom stereocenters.